The standard InChI is InChI=1S/C10H14N2O/c13-10(12-7-3-4-8-12)9-11-5-1-2-6-11/h1-2,5-6H,3-4,7-9H2. The van der Waals surface area contributed by atoms with Crippen LogP contribution >= 0.6 is 0 Å². The second-order valence-electron chi connectivity index (χ2n) is 3.44. The lowest BCUT2D eigenvalue weighted by atomic mass is 10.4. The zero-order chi connectivity index (χ0) is 9.10. The monoisotopic (exact) mass is 178 g/mol. The zero-order valence-corrected chi connectivity index (χ0v) is 7.65. The summed E-state index contributed by atoms with van der Waals surface area (Å²) in [6.07, 6.45) is 6.18. The van der Waals surface area contributed by atoms with Gasteiger partial charge in [0.1, 0.15) is 6.54 Å². The van der Waals surface area contributed by atoms with Crippen molar-refractivity contribution in [2.75, 3.05) is 13.1 Å². The van der Waals surface area contributed by atoms with Crippen LogP contribution in [-0.4, -0.2) is 28.5 Å². The van der Waals surface area contributed by atoms with E-state index >= 15 is 0 Å². The molecule has 0 aliphatic carbocycles. The number of carbonyl (C=O) groups is 1. The summed E-state index contributed by atoms with van der Waals surface area (Å²) >= 11 is 0. The van der Waals surface area contributed by atoms with Crippen LogP contribution in [0, 0.1) is 0 Å². The van der Waals surface area contributed by atoms with Gasteiger partial charge in [0.15, 0.2) is 0 Å². The first-order chi connectivity index (χ1) is 6.36. The van der Waals surface area contributed by atoms with Gasteiger partial charge in [-0.1, -0.05) is 0 Å². The van der Waals surface area contributed by atoms with Gasteiger partial charge in [-0.2, -0.15) is 0 Å². The molecule has 13 heavy (non-hydrogen) atoms. The van der Waals surface area contributed by atoms with Crippen LogP contribution in [0.1, 0.15) is 12.8 Å². The Kier molecular flexibility index (Phi) is 2.34. The topological polar surface area (TPSA) is 25.2 Å². The molecule has 2 rings (SSSR count). The summed E-state index contributed by atoms with van der Waals surface area (Å²) in [6, 6.07) is 3.88. The molecule has 1 aliphatic rings. The number of rotatable bonds is 2. The summed E-state index contributed by atoms with van der Waals surface area (Å²) in [6.45, 7) is 2.38. The van der Waals surface area contributed by atoms with Gasteiger partial charge in [0.2, 0.25) is 5.91 Å². The zero-order valence-electron chi connectivity index (χ0n) is 7.65. The van der Waals surface area contributed by atoms with Gasteiger partial charge in [0.05, 0.1) is 0 Å². The molecule has 1 saturated heterocycles. The van der Waals surface area contributed by atoms with Crippen molar-refractivity contribution in [2.45, 2.75) is 19.4 Å². The Morgan fingerprint density at radius 1 is 1.15 bits per heavy atom. The molecule has 0 aromatic carbocycles. The predicted molar refractivity (Wildman–Crippen MR) is 50.2 cm³/mol. The van der Waals surface area contributed by atoms with Crippen LogP contribution in [0.3, 0.4) is 0 Å². The summed E-state index contributed by atoms with van der Waals surface area (Å²) < 4.78 is 1.92. The fourth-order valence-corrected chi connectivity index (χ4v) is 1.70. The number of hydrogen-bond acceptors (Lipinski definition) is 1. The van der Waals surface area contributed by atoms with E-state index < -0.39 is 0 Å². The molecular formula is C10H14N2O. The van der Waals surface area contributed by atoms with Crippen molar-refractivity contribution in [3.05, 3.63) is 24.5 Å². The Hall–Kier alpha value is -1.25. The molecule has 70 valence electrons. The third-order valence-corrected chi connectivity index (χ3v) is 2.44. The summed E-state index contributed by atoms with van der Waals surface area (Å²) in [5, 5.41) is 0. The van der Waals surface area contributed by atoms with Crippen LogP contribution in [-0.2, 0) is 11.3 Å². The predicted octanol–water partition coefficient (Wildman–Crippen LogP) is 1.11. The van der Waals surface area contributed by atoms with Gasteiger partial charge in [-0.25, -0.2) is 0 Å². The second kappa shape index (κ2) is 3.64. The van der Waals surface area contributed by atoms with Gasteiger partial charge in [-0.3, -0.25) is 4.79 Å². The van der Waals surface area contributed by atoms with Gasteiger partial charge < -0.3 is 9.47 Å². The molecule has 0 unspecified atom stereocenters. The Morgan fingerprint density at radius 3 is 2.38 bits per heavy atom. The number of likely N-dealkylation sites (tertiary alicyclic amines) is 1. The van der Waals surface area contributed by atoms with E-state index in [1.54, 1.807) is 0 Å². The molecule has 0 radical (unpaired) electrons. The average molecular weight is 178 g/mol. The van der Waals surface area contributed by atoms with Crippen LogP contribution in [0.25, 0.3) is 0 Å². The number of amides is 1. The Morgan fingerprint density at radius 2 is 1.77 bits per heavy atom. The largest absolute Gasteiger partial charge is 0.345 e. The molecule has 0 spiro atoms. The molecule has 1 aromatic rings. The van der Waals surface area contributed by atoms with Gasteiger partial charge >= 0.3 is 0 Å². The van der Waals surface area contributed by atoms with Crippen molar-refractivity contribution in [3.8, 4) is 0 Å². The lowest BCUT2D eigenvalue weighted by Crippen LogP contribution is -2.30. The van der Waals surface area contributed by atoms with Crippen LogP contribution in [0.2, 0.25) is 0 Å². The van der Waals surface area contributed by atoms with Gasteiger partial charge in [0, 0.05) is 25.5 Å². The molecule has 1 amide bonds. The highest BCUT2D eigenvalue weighted by molar-refractivity contribution is 5.76. The van der Waals surface area contributed by atoms with Crippen LogP contribution in [0.4, 0.5) is 0 Å². The highest BCUT2D eigenvalue weighted by Crippen LogP contribution is 2.08. The van der Waals surface area contributed by atoms with Crippen molar-refractivity contribution < 1.29 is 4.79 Å². The van der Waals surface area contributed by atoms with Crippen molar-refractivity contribution in [1.82, 2.24) is 9.47 Å². The quantitative estimate of drug-likeness (QED) is 0.666. The summed E-state index contributed by atoms with van der Waals surface area (Å²) in [5.74, 6) is 0.244. The molecule has 3 heteroatoms. The first-order valence-electron chi connectivity index (χ1n) is 4.75. The number of aromatic nitrogens is 1. The maximum Gasteiger partial charge on any atom is 0.242 e. The highest BCUT2D eigenvalue weighted by Gasteiger charge is 2.17. The smallest absolute Gasteiger partial charge is 0.242 e. The molecule has 3 nitrogen and oxygen atoms in total. The molecule has 1 aromatic heterocycles. The Balaban J connectivity index is 1.91. The van der Waals surface area contributed by atoms with Crippen LogP contribution < -0.4 is 0 Å². The van der Waals surface area contributed by atoms with E-state index in [9.17, 15) is 4.79 Å². The summed E-state index contributed by atoms with van der Waals surface area (Å²) in [7, 11) is 0. The second-order valence-corrected chi connectivity index (χ2v) is 3.44. The minimum Gasteiger partial charge on any atom is -0.345 e. The fraction of sp³-hybridized carbons (Fsp3) is 0.500. The van der Waals surface area contributed by atoms with Crippen LogP contribution in [0.15, 0.2) is 24.5 Å². The Bertz CT molecular complexity index is 273. The minimum absolute atomic E-state index is 0.244. The first kappa shape index (κ1) is 8.35. The van der Waals surface area contributed by atoms with Crippen molar-refractivity contribution in [2.24, 2.45) is 0 Å². The van der Waals surface area contributed by atoms with Gasteiger partial charge in [-0.15, -0.1) is 0 Å². The maximum absolute atomic E-state index is 11.6. The van der Waals surface area contributed by atoms with Crippen molar-refractivity contribution >= 4 is 5.91 Å². The highest BCUT2D eigenvalue weighted by atomic mass is 16.2. The Labute approximate surface area is 78.0 Å². The third kappa shape index (κ3) is 1.91. The third-order valence-electron chi connectivity index (χ3n) is 2.44. The van der Waals surface area contributed by atoms with E-state index in [1.807, 2.05) is 34.0 Å². The summed E-state index contributed by atoms with van der Waals surface area (Å²) in [4.78, 5) is 13.6. The number of nitrogens with zero attached hydrogens (tertiary/aromatic N) is 2. The molecular weight excluding hydrogens is 164 g/mol. The van der Waals surface area contributed by atoms with E-state index in [-0.39, 0.29) is 5.91 Å². The van der Waals surface area contributed by atoms with E-state index in [1.165, 1.54) is 0 Å². The number of carbonyl (C=O) groups excluding carboxylic acids is 1. The molecule has 0 N–H and O–H groups in total. The molecule has 0 atom stereocenters. The van der Waals surface area contributed by atoms with Gasteiger partial charge in [0.25, 0.3) is 0 Å². The maximum atomic E-state index is 11.6. The number of hydrogen-bond donors (Lipinski definition) is 0. The molecule has 0 bridgehead atoms. The molecule has 0 saturated carbocycles. The lowest BCUT2D eigenvalue weighted by molar-refractivity contribution is -0.130. The molecule has 1 aliphatic heterocycles. The van der Waals surface area contributed by atoms with E-state index in [0.717, 1.165) is 25.9 Å². The van der Waals surface area contributed by atoms with E-state index in [2.05, 4.69) is 0 Å². The molecule has 2 heterocycles. The fourth-order valence-electron chi connectivity index (χ4n) is 1.70. The SMILES string of the molecule is O=C(Cn1cccc1)N1CCCC1. The van der Waals surface area contributed by atoms with E-state index in [0.29, 0.717) is 6.54 Å². The minimum atomic E-state index is 0.244. The average Bonchev–Trinajstić information content (AvgIpc) is 2.74. The normalized spacial score (nSPS) is 16.5. The van der Waals surface area contributed by atoms with Crippen LogP contribution in [0.5, 0.6) is 0 Å². The lowest BCUT2D eigenvalue weighted by Gasteiger charge is -2.15. The molecule has 1 fully saturated rings. The summed E-state index contributed by atoms with van der Waals surface area (Å²) in [5.41, 5.74) is 0. The van der Waals surface area contributed by atoms with E-state index in [4.69, 9.17) is 0 Å². The van der Waals surface area contributed by atoms with Gasteiger partial charge in [-0.05, 0) is 25.0 Å². The van der Waals surface area contributed by atoms with Crippen molar-refractivity contribution in [3.63, 3.8) is 0 Å². The first-order valence-corrected chi connectivity index (χ1v) is 4.75. The van der Waals surface area contributed by atoms with Crippen molar-refractivity contribution in [1.29, 1.82) is 0 Å².